The summed E-state index contributed by atoms with van der Waals surface area (Å²) in [5.41, 5.74) is 0. The Hall–Kier alpha value is -0.160. The van der Waals surface area contributed by atoms with Crippen molar-refractivity contribution in [3.8, 4) is 0 Å². The van der Waals surface area contributed by atoms with E-state index in [1.165, 1.54) is 25.9 Å². The topological polar surface area (TPSA) is 55.7 Å². The van der Waals surface area contributed by atoms with Crippen LogP contribution in [0.1, 0.15) is 19.3 Å². The molecule has 1 aliphatic rings. The fourth-order valence-corrected chi connectivity index (χ4v) is 2.03. The van der Waals surface area contributed by atoms with E-state index in [2.05, 4.69) is 17.3 Å². The van der Waals surface area contributed by atoms with Gasteiger partial charge in [-0.15, -0.1) is 0 Å². The molecule has 1 saturated heterocycles. The van der Waals surface area contributed by atoms with Gasteiger partial charge in [0, 0.05) is 0 Å². The lowest BCUT2D eigenvalue weighted by atomic mass is 9.94. The fourth-order valence-electron chi connectivity index (χ4n) is 2.03. The van der Waals surface area contributed by atoms with E-state index in [-0.39, 0.29) is 19.3 Å². The Balaban J connectivity index is 2.04. The standard InChI is InChI=1S/C11H24N2O2/c1-13-6-3-10(4-7-13)2-5-12-11(8-14)9-15/h10-12,14-15H,2-9H2,1H3. The summed E-state index contributed by atoms with van der Waals surface area (Å²) in [6.07, 6.45) is 3.71. The third-order valence-corrected chi connectivity index (χ3v) is 3.26. The Morgan fingerprint density at radius 3 is 2.40 bits per heavy atom. The van der Waals surface area contributed by atoms with E-state index in [0.29, 0.717) is 0 Å². The van der Waals surface area contributed by atoms with Gasteiger partial charge in [-0.1, -0.05) is 0 Å². The number of aliphatic hydroxyl groups excluding tert-OH is 2. The van der Waals surface area contributed by atoms with Crippen LogP contribution >= 0.6 is 0 Å². The third kappa shape index (κ3) is 4.93. The van der Waals surface area contributed by atoms with Crippen LogP contribution in [0.15, 0.2) is 0 Å². The van der Waals surface area contributed by atoms with Gasteiger partial charge in [-0.25, -0.2) is 0 Å². The molecule has 0 aromatic carbocycles. The second kappa shape index (κ2) is 7.17. The van der Waals surface area contributed by atoms with Crippen molar-refractivity contribution < 1.29 is 10.2 Å². The second-order valence-corrected chi connectivity index (χ2v) is 4.55. The van der Waals surface area contributed by atoms with Gasteiger partial charge in [0.15, 0.2) is 0 Å². The zero-order valence-electron chi connectivity index (χ0n) is 9.65. The summed E-state index contributed by atoms with van der Waals surface area (Å²) in [5, 5.41) is 20.9. The number of rotatable bonds is 6. The normalized spacial score (nSPS) is 20.0. The summed E-state index contributed by atoms with van der Waals surface area (Å²) >= 11 is 0. The Bertz CT molecular complexity index is 155. The van der Waals surface area contributed by atoms with E-state index in [1.54, 1.807) is 0 Å². The Labute approximate surface area is 92.3 Å². The van der Waals surface area contributed by atoms with Crippen molar-refractivity contribution in [3.05, 3.63) is 0 Å². The van der Waals surface area contributed by atoms with E-state index >= 15 is 0 Å². The first kappa shape index (κ1) is 12.9. The van der Waals surface area contributed by atoms with Crippen LogP contribution in [0.2, 0.25) is 0 Å². The smallest absolute Gasteiger partial charge is 0.0607 e. The third-order valence-electron chi connectivity index (χ3n) is 3.26. The predicted molar refractivity (Wildman–Crippen MR) is 60.8 cm³/mol. The van der Waals surface area contributed by atoms with Crippen molar-refractivity contribution >= 4 is 0 Å². The first-order chi connectivity index (χ1) is 7.26. The molecule has 15 heavy (non-hydrogen) atoms. The second-order valence-electron chi connectivity index (χ2n) is 4.55. The van der Waals surface area contributed by atoms with E-state index in [9.17, 15) is 0 Å². The highest BCUT2D eigenvalue weighted by atomic mass is 16.3. The maximum absolute atomic E-state index is 8.87. The molecule has 0 unspecified atom stereocenters. The minimum atomic E-state index is -0.142. The van der Waals surface area contributed by atoms with Gasteiger partial charge >= 0.3 is 0 Å². The number of aliphatic hydroxyl groups is 2. The SMILES string of the molecule is CN1CCC(CCNC(CO)CO)CC1. The van der Waals surface area contributed by atoms with Crippen LogP contribution in [-0.2, 0) is 0 Å². The number of likely N-dealkylation sites (tertiary alicyclic amines) is 1. The molecule has 0 spiro atoms. The molecule has 0 aromatic rings. The van der Waals surface area contributed by atoms with Gasteiger partial charge in [-0.05, 0) is 51.9 Å². The number of hydrogen-bond acceptors (Lipinski definition) is 4. The van der Waals surface area contributed by atoms with Crippen LogP contribution < -0.4 is 5.32 Å². The molecule has 1 aliphatic heterocycles. The number of hydrogen-bond donors (Lipinski definition) is 3. The van der Waals surface area contributed by atoms with E-state index < -0.39 is 0 Å². The van der Waals surface area contributed by atoms with Crippen LogP contribution in [-0.4, -0.2) is 61.1 Å². The van der Waals surface area contributed by atoms with Crippen LogP contribution in [0.4, 0.5) is 0 Å². The van der Waals surface area contributed by atoms with E-state index in [0.717, 1.165) is 18.9 Å². The van der Waals surface area contributed by atoms with Crippen molar-refractivity contribution in [2.75, 3.05) is 39.9 Å². The van der Waals surface area contributed by atoms with E-state index in [4.69, 9.17) is 10.2 Å². The van der Waals surface area contributed by atoms with Crippen molar-refractivity contribution in [3.63, 3.8) is 0 Å². The molecule has 1 heterocycles. The van der Waals surface area contributed by atoms with Gasteiger partial charge in [-0.2, -0.15) is 0 Å². The molecular weight excluding hydrogens is 192 g/mol. The van der Waals surface area contributed by atoms with Gasteiger partial charge in [0.25, 0.3) is 0 Å². The Kier molecular flexibility index (Phi) is 6.17. The molecule has 0 radical (unpaired) electrons. The lowest BCUT2D eigenvalue weighted by Gasteiger charge is -2.29. The first-order valence-corrected chi connectivity index (χ1v) is 5.90. The van der Waals surface area contributed by atoms with Crippen LogP contribution in [0.25, 0.3) is 0 Å². The largest absolute Gasteiger partial charge is 0.395 e. The van der Waals surface area contributed by atoms with Crippen molar-refractivity contribution in [1.29, 1.82) is 0 Å². The molecular formula is C11H24N2O2. The average molecular weight is 216 g/mol. The number of nitrogens with one attached hydrogen (secondary N) is 1. The quantitative estimate of drug-likeness (QED) is 0.569. The molecule has 0 bridgehead atoms. The lowest BCUT2D eigenvalue weighted by Crippen LogP contribution is -2.38. The molecule has 90 valence electrons. The highest BCUT2D eigenvalue weighted by molar-refractivity contribution is 4.72. The fraction of sp³-hybridized carbons (Fsp3) is 1.00. The van der Waals surface area contributed by atoms with Crippen LogP contribution in [0, 0.1) is 5.92 Å². The highest BCUT2D eigenvalue weighted by Gasteiger charge is 2.16. The highest BCUT2D eigenvalue weighted by Crippen LogP contribution is 2.18. The monoisotopic (exact) mass is 216 g/mol. The molecule has 0 aromatic heterocycles. The molecule has 0 amide bonds. The van der Waals surface area contributed by atoms with E-state index in [1.807, 2.05) is 0 Å². The molecule has 1 rings (SSSR count). The number of piperidine rings is 1. The summed E-state index contributed by atoms with van der Waals surface area (Å²) in [4.78, 5) is 2.37. The summed E-state index contributed by atoms with van der Waals surface area (Å²) in [6, 6.07) is -0.142. The summed E-state index contributed by atoms with van der Waals surface area (Å²) < 4.78 is 0. The van der Waals surface area contributed by atoms with Gasteiger partial charge < -0.3 is 20.4 Å². The maximum Gasteiger partial charge on any atom is 0.0607 e. The minimum Gasteiger partial charge on any atom is -0.395 e. The lowest BCUT2D eigenvalue weighted by molar-refractivity contribution is 0.165. The van der Waals surface area contributed by atoms with Crippen molar-refractivity contribution in [2.45, 2.75) is 25.3 Å². The zero-order chi connectivity index (χ0) is 11.1. The summed E-state index contributed by atoms with van der Waals surface area (Å²) in [7, 11) is 2.17. The predicted octanol–water partition coefficient (Wildman–Crippen LogP) is -0.339. The molecule has 4 heteroatoms. The molecule has 3 N–H and O–H groups in total. The van der Waals surface area contributed by atoms with Crippen LogP contribution in [0.3, 0.4) is 0 Å². The Morgan fingerprint density at radius 1 is 1.27 bits per heavy atom. The Morgan fingerprint density at radius 2 is 1.87 bits per heavy atom. The molecule has 0 saturated carbocycles. The van der Waals surface area contributed by atoms with Crippen molar-refractivity contribution in [1.82, 2.24) is 10.2 Å². The summed E-state index contributed by atoms with van der Waals surface area (Å²) in [5.74, 6) is 0.812. The zero-order valence-corrected chi connectivity index (χ0v) is 9.65. The van der Waals surface area contributed by atoms with Gasteiger partial charge in [0.05, 0.1) is 19.3 Å². The molecule has 0 atom stereocenters. The summed E-state index contributed by atoms with van der Waals surface area (Å²) in [6.45, 7) is 3.34. The molecule has 4 nitrogen and oxygen atoms in total. The molecule has 1 fully saturated rings. The first-order valence-electron chi connectivity index (χ1n) is 5.90. The van der Waals surface area contributed by atoms with Crippen LogP contribution in [0.5, 0.6) is 0 Å². The van der Waals surface area contributed by atoms with Crippen molar-refractivity contribution in [2.24, 2.45) is 5.92 Å². The maximum atomic E-state index is 8.87. The average Bonchev–Trinajstić information content (AvgIpc) is 2.27. The van der Waals surface area contributed by atoms with Gasteiger partial charge in [0.2, 0.25) is 0 Å². The van der Waals surface area contributed by atoms with Gasteiger partial charge in [0.1, 0.15) is 0 Å². The minimum absolute atomic E-state index is 0.0178. The number of nitrogens with zero attached hydrogens (tertiary/aromatic N) is 1. The van der Waals surface area contributed by atoms with Gasteiger partial charge in [-0.3, -0.25) is 0 Å². The molecule has 0 aliphatic carbocycles.